The van der Waals surface area contributed by atoms with Gasteiger partial charge in [-0.2, -0.15) is 0 Å². The average Bonchev–Trinajstić information content (AvgIpc) is 3.64. The van der Waals surface area contributed by atoms with Crippen LogP contribution < -0.4 is 0 Å². The second kappa shape index (κ2) is 17.3. The molecule has 1 N–H and O–H groups in total. The summed E-state index contributed by atoms with van der Waals surface area (Å²) < 4.78 is 47.0. The summed E-state index contributed by atoms with van der Waals surface area (Å²) in [6.07, 6.45) is 1.84. The molecule has 0 aliphatic carbocycles. The molecule has 0 atom stereocenters. The number of phenols is 1. The molecule has 8 aromatic rings. The SMILES string of the molecule is [2H]C([2H])([2H])c1cc(-c2c(C([2H])(C)C)cccc2C([2H])(C)C)ccc1-n1c(-c2ccccc2O)nc2c(-c3[c-]c(-c4cc(-c5ccc(C(C)(C)C)cc5)ccn4)cc(C(C)(C)C)c3)cccc21.[Pt]. The van der Waals surface area contributed by atoms with Crippen molar-refractivity contribution in [2.45, 2.75) is 98.7 Å². The van der Waals surface area contributed by atoms with Gasteiger partial charge in [0, 0.05) is 39.8 Å². The minimum Gasteiger partial charge on any atom is -0.507 e. The standard InChI is InChI=1S/C57H58N3O.Pt/c1-35(2)45-17-14-18-46(36(3)4)53(45)40-24-27-50(37(5)30-40)60-51-20-15-19-47(54(51)59-55(60)48-16-12-13-21-52(48)61)41-31-42(33-44(32-41)57(9,10)11)49-34-39(28-29-58-49)38-22-25-43(26-23-38)56(6,7)8;/h12-30,32-36,61H,1-11H3;/q-1;/i5D3,35D,36D;. The Morgan fingerprint density at radius 1 is 0.645 bits per heavy atom. The van der Waals surface area contributed by atoms with Crippen molar-refractivity contribution in [1.29, 1.82) is 0 Å². The third-order valence-electron chi connectivity index (χ3n) is 11.6. The fraction of sp³-hybridized carbons (Fsp3) is 0.263. The average molecular weight is 1000 g/mol. The van der Waals surface area contributed by atoms with Gasteiger partial charge in [-0.1, -0.05) is 159 Å². The number of rotatable bonds is 8. The summed E-state index contributed by atoms with van der Waals surface area (Å²) >= 11 is 0. The van der Waals surface area contributed by atoms with E-state index < -0.39 is 18.6 Å². The molecule has 318 valence electrons. The molecule has 8 rings (SSSR count). The van der Waals surface area contributed by atoms with E-state index in [0.717, 1.165) is 39.1 Å². The van der Waals surface area contributed by atoms with E-state index in [9.17, 15) is 5.11 Å². The number of imidazole rings is 1. The first-order valence-electron chi connectivity index (χ1n) is 23.6. The van der Waals surface area contributed by atoms with Crippen LogP contribution in [-0.2, 0) is 31.9 Å². The summed E-state index contributed by atoms with van der Waals surface area (Å²) in [6.45, 7) is 17.8. The molecule has 0 amide bonds. The first-order chi connectivity index (χ1) is 30.8. The van der Waals surface area contributed by atoms with Crippen molar-refractivity contribution in [3.63, 3.8) is 0 Å². The van der Waals surface area contributed by atoms with E-state index in [1.165, 1.54) is 5.56 Å². The molecule has 0 bridgehead atoms. The topological polar surface area (TPSA) is 50.9 Å². The van der Waals surface area contributed by atoms with E-state index >= 15 is 0 Å². The van der Waals surface area contributed by atoms with Gasteiger partial charge in [-0.15, -0.1) is 29.3 Å². The van der Waals surface area contributed by atoms with Crippen LogP contribution in [0.15, 0.2) is 134 Å². The fourth-order valence-corrected chi connectivity index (χ4v) is 8.19. The largest absolute Gasteiger partial charge is 0.507 e. The van der Waals surface area contributed by atoms with Crippen LogP contribution in [0.2, 0.25) is 0 Å². The molecule has 0 saturated carbocycles. The third kappa shape index (κ3) is 8.60. The molecule has 2 aromatic heterocycles. The molecule has 0 unspecified atom stereocenters. The van der Waals surface area contributed by atoms with Crippen molar-refractivity contribution in [2.24, 2.45) is 0 Å². The van der Waals surface area contributed by atoms with E-state index in [1.807, 2.05) is 65.4 Å². The van der Waals surface area contributed by atoms with Crippen LogP contribution in [0.25, 0.3) is 72.7 Å². The van der Waals surface area contributed by atoms with E-state index in [4.69, 9.17) is 16.8 Å². The quantitative estimate of drug-likeness (QED) is 0.154. The number of phenolic OH excluding ortho intramolecular Hbond substituents is 1. The van der Waals surface area contributed by atoms with Gasteiger partial charge in [-0.3, -0.25) is 9.55 Å². The zero-order chi connectivity index (χ0) is 47.7. The Labute approximate surface area is 390 Å². The van der Waals surface area contributed by atoms with E-state index in [0.29, 0.717) is 50.4 Å². The van der Waals surface area contributed by atoms with Crippen LogP contribution in [-0.4, -0.2) is 19.6 Å². The van der Waals surface area contributed by atoms with Gasteiger partial charge < -0.3 is 5.11 Å². The number of aromatic hydroxyl groups is 1. The van der Waals surface area contributed by atoms with Crippen LogP contribution in [0, 0.1) is 12.9 Å². The summed E-state index contributed by atoms with van der Waals surface area (Å²) in [5.74, 6) is -1.71. The molecule has 0 radical (unpaired) electrons. The summed E-state index contributed by atoms with van der Waals surface area (Å²) in [7, 11) is 0. The van der Waals surface area contributed by atoms with Crippen LogP contribution in [0.4, 0.5) is 0 Å². The second-order valence-corrected chi connectivity index (χ2v) is 18.6. The van der Waals surface area contributed by atoms with Crippen LogP contribution in [0.1, 0.15) is 116 Å². The van der Waals surface area contributed by atoms with Gasteiger partial charge >= 0.3 is 0 Å². The molecule has 4 nitrogen and oxygen atoms in total. The number of para-hydroxylation sites is 2. The fourth-order valence-electron chi connectivity index (χ4n) is 8.19. The molecule has 0 spiro atoms. The van der Waals surface area contributed by atoms with Crippen molar-refractivity contribution in [3.8, 4) is 67.5 Å². The molecule has 5 heteroatoms. The predicted octanol–water partition coefficient (Wildman–Crippen LogP) is 15.4. The Bertz CT molecular complexity index is 3090. The Kier molecular flexibility index (Phi) is 10.6. The number of pyridine rings is 1. The third-order valence-corrected chi connectivity index (χ3v) is 11.6. The minimum absolute atomic E-state index is 0. The smallest absolute Gasteiger partial charge is 0.148 e. The Morgan fingerprint density at radius 2 is 1.27 bits per heavy atom. The van der Waals surface area contributed by atoms with Gasteiger partial charge in [0.25, 0.3) is 0 Å². The minimum atomic E-state index is -2.60. The number of benzene rings is 6. The van der Waals surface area contributed by atoms with Crippen molar-refractivity contribution in [3.05, 3.63) is 167 Å². The van der Waals surface area contributed by atoms with E-state index in [-0.39, 0.29) is 43.2 Å². The van der Waals surface area contributed by atoms with Crippen molar-refractivity contribution in [2.75, 3.05) is 0 Å². The number of nitrogens with zero attached hydrogens (tertiary/aromatic N) is 3. The molecule has 0 aliphatic rings. The zero-order valence-electron chi connectivity index (χ0n) is 42.3. The summed E-state index contributed by atoms with van der Waals surface area (Å²) in [5, 5.41) is 11.4. The second-order valence-electron chi connectivity index (χ2n) is 18.6. The number of fused-ring (bicyclic) bond motifs is 1. The van der Waals surface area contributed by atoms with Crippen LogP contribution in [0.5, 0.6) is 5.75 Å². The first-order valence-corrected chi connectivity index (χ1v) is 21.1. The Balaban J connectivity index is 0.00000666. The van der Waals surface area contributed by atoms with Gasteiger partial charge in [-0.25, -0.2) is 4.98 Å². The monoisotopic (exact) mass is 1000 g/mol. The molecule has 0 aliphatic heterocycles. The van der Waals surface area contributed by atoms with Gasteiger partial charge in [0.05, 0.1) is 22.3 Å². The molecular weight excluding hydrogens is 938 g/mol. The van der Waals surface area contributed by atoms with Crippen molar-refractivity contribution >= 4 is 11.0 Å². The van der Waals surface area contributed by atoms with Gasteiger partial charge in [0.1, 0.15) is 11.6 Å². The number of hydrogen-bond acceptors (Lipinski definition) is 3. The maximum atomic E-state index is 11.4. The molecule has 6 aromatic carbocycles. The molecular formula is C57H58N3OPt-. The number of aromatic nitrogens is 3. The molecule has 0 saturated heterocycles. The van der Waals surface area contributed by atoms with E-state index in [1.54, 1.807) is 58.0 Å². The van der Waals surface area contributed by atoms with Crippen LogP contribution in [0.3, 0.4) is 0 Å². The number of hydrogen-bond donors (Lipinski definition) is 1. The zero-order valence-corrected chi connectivity index (χ0v) is 39.6. The van der Waals surface area contributed by atoms with Gasteiger partial charge in [0.2, 0.25) is 0 Å². The maximum Gasteiger partial charge on any atom is 0.148 e. The molecule has 0 fully saturated rings. The Morgan fingerprint density at radius 3 is 1.92 bits per heavy atom. The normalized spacial score (nSPS) is 13.7. The summed E-state index contributed by atoms with van der Waals surface area (Å²) in [4.78, 5) is 10.2. The van der Waals surface area contributed by atoms with E-state index in [2.05, 4.69) is 90.1 Å². The van der Waals surface area contributed by atoms with Crippen molar-refractivity contribution < 1.29 is 33.0 Å². The summed E-state index contributed by atoms with van der Waals surface area (Å²) in [6, 6.07) is 44.7. The molecule has 62 heavy (non-hydrogen) atoms. The first kappa shape index (κ1) is 38.1. The number of aryl methyl sites for hydroxylation is 1. The molecule has 2 heterocycles. The predicted molar refractivity (Wildman–Crippen MR) is 257 cm³/mol. The van der Waals surface area contributed by atoms with Gasteiger partial charge in [-0.05, 0) is 110 Å². The summed E-state index contributed by atoms with van der Waals surface area (Å²) in [5.41, 5.74) is 12.3. The van der Waals surface area contributed by atoms with Gasteiger partial charge in [0.15, 0.2) is 0 Å². The Hall–Kier alpha value is -5.57. The maximum absolute atomic E-state index is 11.4. The van der Waals surface area contributed by atoms with Crippen LogP contribution >= 0.6 is 0 Å². The van der Waals surface area contributed by atoms with Crippen molar-refractivity contribution in [1.82, 2.24) is 14.5 Å².